The monoisotopic (exact) mass is 315 g/mol. The van der Waals surface area contributed by atoms with E-state index in [9.17, 15) is 0 Å². The number of hydrogen-bond acceptors (Lipinski definition) is 1. The molecule has 0 radical (unpaired) electrons. The highest BCUT2D eigenvalue weighted by Crippen LogP contribution is 2.51. The molecule has 1 heteroatoms. The van der Waals surface area contributed by atoms with E-state index >= 15 is 0 Å². The van der Waals surface area contributed by atoms with Crippen molar-refractivity contribution < 1.29 is 0 Å². The van der Waals surface area contributed by atoms with Gasteiger partial charge in [0.1, 0.15) is 0 Å². The van der Waals surface area contributed by atoms with Gasteiger partial charge in [0.2, 0.25) is 0 Å². The molecule has 24 heavy (non-hydrogen) atoms. The first-order chi connectivity index (χ1) is 11.7. The summed E-state index contributed by atoms with van der Waals surface area (Å²) >= 11 is 0. The third-order valence-electron chi connectivity index (χ3n) is 6.50. The molecule has 0 spiro atoms. The van der Waals surface area contributed by atoms with Crippen LogP contribution in [0.2, 0.25) is 0 Å². The molecule has 5 rings (SSSR count). The zero-order valence-corrected chi connectivity index (χ0v) is 14.6. The van der Waals surface area contributed by atoms with Crippen LogP contribution >= 0.6 is 0 Å². The summed E-state index contributed by atoms with van der Waals surface area (Å²) in [6, 6.07) is 18.8. The lowest BCUT2D eigenvalue weighted by atomic mass is 9.73. The second kappa shape index (κ2) is 4.99. The van der Waals surface area contributed by atoms with Crippen LogP contribution < -0.4 is 5.32 Å². The summed E-state index contributed by atoms with van der Waals surface area (Å²) in [5.74, 6) is 0.678. The van der Waals surface area contributed by atoms with Crippen molar-refractivity contribution in [2.24, 2.45) is 5.92 Å². The quantitative estimate of drug-likeness (QED) is 0.690. The van der Waals surface area contributed by atoms with Crippen LogP contribution in [0.15, 0.2) is 48.5 Å². The normalized spacial score (nSPS) is 26.6. The molecule has 0 saturated heterocycles. The van der Waals surface area contributed by atoms with Gasteiger partial charge in [0.15, 0.2) is 0 Å². The molecule has 1 aliphatic heterocycles. The van der Waals surface area contributed by atoms with Crippen molar-refractivity contribution in [1.82, 2.24) is 5.32 Å². The summed E-state index contributed by atoms with van der Waals surface area (Å²) in [4.78, 5) is 0. The third-order valence-corrected chi connectivity index (χ3v) is 6.50. The van der Waals surface area contributed by atoms with Crippen LogP contribution in [0, 0.1) is 5.92 Å². The first-order valence-corrected chi connectivity index (χ1v) is 9.38. The predicted octanol–water partition coefficient (Wildman–Crippen LogP) is 5.36. The molecule has 2 aromatic carbocycles. The van der Waals surface area contributed by atoms with Gasteiger partial charge < -0.3 is 5.32 Å². The zero-order chi connectivity index (χ0) is 16.3. The van der Waals surface area contributed by atoms with Crippen molar-refractivity contribution in [2.75, 3.05) is 0 Å². The Hall–Kier alpha value is -2.02. The molecule has 0 bridgehead atoms. The van der Waals surface area contributed by atoms with Crippen molar-refractivity contribution in [3.8, 4) is 0 Å². The summed E-state index contributed by atoms with van der Waals surface area (Å²) in [6.45, 7) is 4.76. The minimum atomic E-state index is 0.0311. The Morgan fingerprint density at radius 1 is 0.833 bits per heavy atom. The Labute approximate surface area is 144 Å². The molecule has 2 atom stereocenters. The average Bonchev–Trinajstić information content (AvgIpc) is 2.97. The van der Waals surface area contributed by atoms with E-state index in [0.717, 1.165) is 0 Å². The Bertz CT molecular complexity index is 843. The van der Waals surface area contributed by atoms with Crippen molar-refractivity contribution in [3.05, 3.63) is 70.8 Å². The molecule has 3 aliphatic rings. The molecule has 122 valence electrons. The van der Waals surface area contributed by atoms with E-state index in [4.69, 9.17) is 0 Å². The first kappa shape index (κ1) is 14.3. The van der Waals surface area contributed by atoms with Crippen molar-refractivity contribution in [2.45, 2.75) is 51.0 Å². The fourth-order valence-electron chi connectivity index (χ4n) is 5.31. The minimum absolute atomic E-state index is 0.0311. The largest absolute Gasteiger partial charge is 0.381 e. The molecule has 0 amide bonds. The molecular weight excluding hydrogens is 290 g/mol. The lowest BCUT2D eigenvalue weighted by Gasteiger charge is -2.32. The van der Waals surface area contributed by atoms with E-state index in [2.05, 4.69) is 67.7 Å². The molecule has 1 heterocycles. The van der Waals surface area contributed by atoms with E-state index in [-0.39, 0.29) is 5.41 Å². The van der Waals surface area contributed by atoms with Crippen molar-refractivity contribution >= 4 is 11.3 Å². The highest BCUT2D eigenvalue weighted by Gasteiger charge is 2.42. The summed E-state index contributed by atoms with van der Waals surface area (Å²) in [5.41, 5.74) is 8.88. The second-order valence-electron chi connectivity index (χ2n) is 8.15. The molecule has 2 unspecified atom stereocenters. The molecule has 2 aromatic rings. The molecule has 1 fully saturated rings. The Morgan fingerprint density at radius 3 is 2.25 bits per heavy atom. The van der Waals surface area contributed by atoms with E-state index in [1.54, 1.807) is 5.57 Å². The van der Waals surface area contributed by atoms with E-state index in [1.165, 1.54) is 53.6 Å². The second-order valence-corrected chi connectivity index (χ2v) is 8.15. The Balaban J connectivity index is 1.85. The van der Waals surface area contributed by atoms with Crippen LogP contribution in [0.25, 0.3) is 11.3 Å². The SMILES string of the molecule is CC1(C)c2ccccc2C2=C(c3ccccc31)C1CCCCC1N2. The lowest BCUT2D eigenvalue weighted by Crippen LogP contribution is -2.32. The van der Waals surface area contributed by atoms with Gasteiger partial charge in [0.25, 0.3) is 0 Å². The Morgan fingerprint density at radius 2 is 1.46 bits per heavy atom. The summed E-state index contributed by atoms with van der Waals surface area (Å²) < 4.78 is 0. The van der Waals surface area contributed by atoms with Gasteiger partial charge in [-0.05, 0) is 35.1 Å². The summed E-state index contributed by atoms with van der Waals surface area (Å²) in [5, 5.41) is 3.95. The van der Waals surface area contributed by atoms with Crippen LogP contribution in [-0.4, -0.2) is 6.04 Å². The number of benzene rings is 2. The average molecular weight is 315 g/mol. The highest BCUT2D eigenvalue weighted by atomic mass is 15.0. The molecule has 1 N–H and O–H groups in total. The van der Waals surface area contributed by atoms with E-state index in [1.807, 2.05) is 0 Å². The fourth-order valence-corrected chi connectivity index (χ4v) is 5.31. The number of fused-ring (bicyclic) bond motifs is 6. The van der Waals surface area contributed by atoms with Gasteiger partial charge in [-0.2, -0.15) is 0 Å². The van der Waals surface area contributed by atoms with Gasteiger partial charge >= 0.3 is 0 Å². The zero-order valence-electron chi connectivity index (χ0n) is 14.6. The third kappa shape index (κ3) is 1.81. The van der Waals surface area contributed by atoms with Crippen LogP contribution in [-0.2, 0) is 5.41 Å². The molecule has 1 saturated carbocycles. The summed E-state index contributed by atoms with van der Waals surface area (Å²) in [7, 11) is 0. The van der Waals surface area contributed by atoms with Crippen LogP contribution in [0.1, 0.15) is 61.8 Å². The van der Waals surface area contributed by atoms with Gasteiger partial charge in [-0.1, -0.05) is 75.2 Å². The van der Waals surface area contributed by atoms with Gasteiger partial charge in [0.05, 0.1) is 0 Å². The fraction of sp³-hybridized carbons (Fsp3) is 0.391. The molecule has 0 aromatic heterocycles. The van der Waals surface area contributed by atoms with Gasteiger partial charge in [0, 0.05) is 28.6 Å². The predicted molar refractivity (Wildman–Crippen MR) is 101 cm³/mol. The van der Waals surface area contributed by atoms with Crippen molar-refractivity contribution in [3.63, 3.8) is 0 Å². The number of nitrogens with one attached hydrogen (secondary N) is 1. The highest BCUT2D eigenvalue weighted by molar-refractivity contribution is 5.97. The first-order valence-electron chi connectivity index (χ1n) is 9.38. The number of rotatable bonds is 0. The van der Waals surface area contributed by atoms with E-state index in [0.29, 0.717) is 12.0 Å². The molecular formula is C23H25N. The maximum atomic E-state index is 3.95. The van der Waals surface area contributed by atoms with Gasteiger partial charge in [-0.25, -0.2) is 0 Å². The van der Waals surface area contributed by atoms with Crippen LogP contribution in [0.5, 0.6) is 0 Å². The molecule has 2 aliphatic carbocycles. The smallest absolute Gasteiger partial charge is 0.0461 e. The van der Waals surface area contributed by atoms with Gasteiger partial charge in [-0.3, -0.25) is 0 Å². The van der Waals surface area contributed by atoms with Gasteiger partial charge in [-0.15, -0.1) is 0 Å². The topological polar surface area (TPSA) is 12.0 Å². The van der Waals surface area contributed by atoms with Crippen LogP contribution in [0.4, 0.5) is 0 Å². The number of hydrogen-bond donors (Lipinski definition) is 1. The minimum Gasteiger partial charge on any atom is -0.381 e. The van der Waals surface area contributed by atoms with Crippen molar-refractivity contribution in [1.29, 1.82) is 0 Å². The summed E-state index contributed by atoms with van der Waals surface area (Å²) in [6.07, 6.45) is 5.37. The lowest BCUT2D eigenvalue weighted by molar-refractivity contribution is 0.359. The maximum Gasteiger partial charge on any atom is 0.0461 e. The molecule has 1 nitrogen and oxygen atoms in total. The van der Waals surface area contributed by atoms with Crippen LogP contribution in [0.3, 0.4) is 0 Å². The standard InChI is InChI=1S/C23H25N/c1-23(2)18-12-6-3-9-15(18)21-17-11-5-8-14-20(17)24-22(21)16-10-4-7-13-19(16)23/h3-4,6-7,9-10,12-13,17,20,24H,5,8,11,14H2,1-2H3. The maximum absolute atomic E-state index is 3.95. The van der Waals surface area contributed by atoms with E-state index < -0.39 is 0 Å². The Kier molecular flexibility index (Phi) is 2.98.